The highest BCUT2D eigenvalue weighted by atomic mass is 32.1. The molecule has 1 aromatic heterocycles. The third kappa shape index (κ3) is 0.976. The van der Waals surface area contributed by atoms with E-state index in [2.05, 4.69) is 19.1 Å². The van der Waals surface area contributed by atoms with E-state index in [-0.39, 0.29) is 0 Å². The molecule has 1 aliphatic carbocycles. The smallest absolute Gasteiger partial charge is 0.0123 e. The normalized spacial score (nSPS) is 30.6. The molecule has 54 valence electrons. The van der Waals surface area contributed by atoms with Gasteiger partial charge in [0.25, 0.3) is 0 Å². The van der Waals surface area contributed by atoms with Gasteiger partial charge >= 0.3 is 0 Å². The van der Waals surface area contributed by atoms with Gasteiger partial charge in [0.05, 0.1) is 0 Å². The molecule has 1 saturated carbocycles. The summed E-state index contributed by atoms with van der Waals surface area (Å²) < 4.78 is 0. The lowest BCUT2D eigenvalue weighted by molar-refractivity contribution is 1.01. The van der Waals surface area contributed by atoms with Gasteiger partial charge in [-0.2, -0.15) is 0 Å². The van der Waals surface area contributed by atoms with E-state index in [1.165, 1.54) is 16.2 Å². The molecule has 1 aromatic rings. The fourth-order valence-electron chi connectivity index (χ4n) is 1.19. The summed E-state index contributed by atoms with van der Waals surface area (Å²) in [4.78, 5) is 2.87. The monoisotopic (exact) mass is 153 g/mol. The predicted octanol–water partition coefficient (Wildman–Crippen LogP) is 1.87. The van der Waals surface area contributed by atoms with Crippen molar-refractivity contribution < 1.29 is 0 Å². The molecule has 0 saturated heterocycles. The summed E-state index contributed by atoms with van der Waals surface area (Å²) in [7, 11) is 0. The van der Waals surface area contributed by atoms with E-state index in [0.717, 1.165) is 0 Å². The van der Waals surface area contributed by atoms with Gasteiger partial charge in [0.1, 0.15) is 0 Å². The molecule has 1 aliphatic rings. The lowest BCUT2D eigenvalue weighted by atomic mass is 10.3. The van der Waals surface area contributed by atoms with E-state index in [0.29, 0.717) is 12.0 Å². The predicted molar refractivity (Wildman–Crippen MR) is 44.4 cm³/mol. The van der Waals surface area contributed by atoms with Crippen LogP contribution >= 0.6 is 11.3 Å². The number of aryl methyl sites for hydroxylation is 1. The van der Waals surface area contributed by atoms with Crippen molar-refractivity contribution in [3.63, 3.8) is 0 Å². The van der Waals surface area contributed by atoms with Gasteiger partial charge in [-0.3, -0.25) is 0 Å². The summed E-state index contributed by atoms with van der Waals surface area (Å²) in [5.74, 6) is 0.693. The summed E-state index contributed by atoms with van der Waals surface area (Å²) >= 11 is 1.88. The summed E-state index contributed by atoms with van der Waals surface area (Å²) in [6.45, 7) is 2.14. The van der Waals surface area contributed by atoms with E-state index in [9.17, 15) is 0 Å². The number of hydrogen-bond acceptors (Lipinski definition) is 2. The van der Waals surface area contributed by atoms with Gasteiger partial charge in [-0.1, -0.05) is 0 Å². The third-order valence-corrected chi connectivity index (χ3v) is 3.10. The molecule has 0 amide bonds. The molecule has 0 spiro atoms. The highest BCUT2D eigenvalue weighted by Gasteiger charge is 2.35. The van der Waals surface area contributed by atoms with Gasteiger partial charge in [0.15, 0.2) is 0 Å². The second-order valence-electron chi connectivity index (χ2n) is 2.95. The quantitative estimate of drug-likeness (QED) is 0.655. The van der Waals surface area contributed by atoms with Crippen LogP contribution in [0, 0.1) is 6.92 Å². The highest BCUT2D eigenvalue weighted by Crippen LogP contribution is 2.41. The van der Waals surface area contributed by atoms with Gasteiger partial charge in [-0.05, 0) is 25.5 Å². The fourth-order valence-corrected chi connectivity index (χ4v) is 2.26. The Morgan fingerprint density at radius 1 is 1.60 bits per heavy atom. The highest BCUT2D eigenvalue weighted by molar-refractivity contribution is 7.12. The second kappa shape index (κ2) is 2.07. The van der Waals surface area contributed by atoms with E-state index in [1.807, 2.05) is 11.3 Å². The second-order valence-corrected chi connectivity index (χ2v) is 4.27. The first-order chi connectivity index (χ1) is 4.77. The molecule has 2 N–H and O–H groups in total. The largest absolute Gasteiger partial charge is 0.327 e. The third-order valence-electron chi connectivity index (χ3n) is 1.97. The van der Waals surface area contributed by atoms with E-state index in [1.54, 1.807) is 0 Å². The van der Waals surface area contributed by atoms with Crippen LogP contribution in [0.25, 0.3) is 0 Å². The standard InChI is InChI=1S/C8H11NS/c1-5-2-3-8(10-5)6-4-7(6)9/h2-3,6-7H,4,9H2,1H3. The minimum Gasteiger partial charge on any atom is -0.327 e. The fraction of sp³-hybridized carbons (Fsp3) is 0.500. The van der Waals surface area contributed by atoms with Crippen LogP contribution < -0.4 is 5.73 Å². The van der Waals surface area contributed by atoms with Crippen LogP contribution in [0.3, 0.4) is 0 Å². The average Bonchev–Trinajstić information content (AvgIpc) is 2.42. The van der Waals surface area contributed by atoms with Crippen molar-refractivity contribution in [3.8, 4) is 0 Å². The Morgan fingerprint density at radius 2 is 2.30 bits per heavy atom. The van der Waals surface area contributed by atoms with Gasteiger partial charge in [-0.15, -0.1) is 11.3 Å². The summed E-state index contributed by atoms with van der Waals surface area (Å²) in [6, 6.07) is 4.83. The Hall–Kier alpha value is -0.340. The molecular formula is C8H11NS. The van der Waals surface area contributed by atoms with Gasteiger partial charge < -0.3 is 5.73 Å². The number of rotatable bonds is 1. The Labute approximate surface area is 64.9 Å². The van der Waals surface area contributed by atoms with E-state index in [4.69, 9.17) is 5.73 Å². The van der Waals surface area contributed by atoms with Crippen LogP contribution in [0.2, 0.25) is 0 Å². The topological polar surface area (TPSA) is 26.0 Å². The maximum Gasteiger partial charge on any atom is 0.0123 e. The van der Waals surface area contributed by atoms with Crippen LogP contribution in [0.4, 0.5) is 0 Å². The summed E-state index contributed by atoms with van der Waals surface area (Å²) in [6.07, 6.45) is 1.19. The molecule has 0 bridgehead atoms. The lowest BCUT2D eigenvalue weighted by Crippen LogP contribution is -1.99. The maximum atomic E-state index is 5.71. The molecule has 0 radical (unpaired) electrons. The first-order valence-electron chi connectivity index (χ1n) is 3.59. The average molecular weight is 153 g/mol. The van der Waals surface area contributed by atoms with Crippen molar-refractivity contribution in [3.05, 3.63) is 21.9 Å². The molecule has 1 fully saturated rings. The Balaban J connectivity index is 2.20. The van der Waals surface area contributed by atoms with Crippen molar-refractivity contribution in [1.29, 1.82) is 0 Å². The maximum absolute atomic E-state index is 5.71. The molecule has 2 heteroatoms. The molecule has 1 nitrogen and oxygen atoms in total. The summed E-state index contributed by atoms with van der Waals surface area (Å²) in [5, 5.41) is 0. The lowest BCUT2D eigenvalue weighted by Gasteiger charge is -1.87. The minimum atomic E-state index is 0.457. The molecule has 0 aromatic carbocycles. The van der Waals surface area contributed by atoms with Gasteiger partial charge in [0, 0.05) is 21.7 Å². The SMILES string of the molecule is Cc1ccc(C2CC2N)s1. The Kier molecular flexibility index (Phi) is 1.32. The first kappa shape index (κ1) is 6.38. The van der Waals surface area contributed by atoms with Crippen LogP contribution in [0.1, 0.15) is 22.1 Å². The summed E-state index contributed by atoms with van der Waals surface area (Å²) in [5.41, 5.74) is 5.71. The zero-order valence-corrected chi connectivity index (χ0v) is 6.82. The van der Waals surface area contributed by atoms with Crippen LogP contribution in [0.5, 0.6) is 0 Å². The molecule has 0 aliphatic heterocycles. The first-order valence-corrected chi connectivity index (χ1v) is 4.41. The van der Waals surface area contributed by atoms with Gasteiger partial charge in [0.2, 0.25) is 0 Å². The Morgan fingerprint density at radius 3 is 2.70 bits per heavy atom. The minimum absolute atomic E-state index is 0.457. The van der Waals surface area contributed by atoms with E-state index >= 15 is 0 Å². The molecule has 2 unspecified atom stereocenters. The van der Waals surface area contributed by atoms with Crippen molar-refractivity contribution in [1.82, 2.24) is 0 Å². The molecular weight excluding hydrogens is 142 g/mol. The van der Waals surface area contributed by atoms with E-state index < -0.39 is 0 Å². The zero-order chi connectivity index (χ0) is 7.14. The molecule has 2 atom stereocenters. The molecule has 1 heterocycles. The van der Waals surface area contributed by atoms with Crippen LogP contribution in [-0.4, -0.2) is 6.04 Å². The van der Waals surface area contributed by atoms with Crippen molar-refractivity contribution in [2.24, 2.45) is 5.73 Å². The Bertz CT molecular complexity index is 241. The van der Waals surface area contributed by atoms with Crippen molar-refractivity contribution in [2.45, 2.75) is 25.3 Å². The van der Waals surface area contributed by atoms with Crippen LogP contribution in [0.15, 0.2) is 12.1 Å². The zero-order valence-electron chi connectivity index (χ0n) is 6.00. The number of thiophene rings is 1. The number of hydrogen-bond donors (Lipinski definition) is 1. The number of nitrogens with two attached hydrogens (primary N) is 1. The van der Waals surface area contributed by atoms with Gasteiger partial charge in [-0.25, -0.2) is 0 Å². The van der Waals surface area contributed by atoms with Crippen LogP contribution in [-0.2, 0) is 0 Å². The van der Waals surface area contributed by atoms with Crippen molar-refractivity contribution in [2.75, 3.05) is 0 Å². The molecule has 10 heavy (non-hydrogen) atoms. The molecule has 2 rings (SSSR count). The van der Waals surface area contributed by atoms with Crippen molar-refractivity contribution >= 4 is 11.3 Å².